The van der Waals surface area contributed by atoms with E-state index in [0.717, 1.165) is 11.3 Å². The van der Waals surface area contributed by atoms with Gasteiger partial charge in [0.2, 0.25) is 0 Å². The zero-order chi connectivity index (χ0) is 11.8. The van der Waals surface area contributed by atoms with Crippen LogP contribution < -0.4 is 0 Å². The second-order valence-corrected chi connectivity index (χ2v) is 3.29. The van der Waals surface area contributed by atoms with Crippen LogP contribution in [0.25, 0.3) is 0 Å². The number of nitrogens with zero attached hydrogens (tertiary/aromatic N) is 2. The second kappa shape index (κ2) is 6.51. The molecule has 0 spiro atoms. The molecule has 0 aliphatic heterocycles. The summed E-state index contributed by atoms with van der Waals surface area (Å²) in [5.41, 5.74) is 1.88. The van der Waals surface area contributed by atoms with Gasteiger partial charge in [0.15, 0.2) is 5.84 Å². The predicted octanol–water partition coefficient (Wildman–Crippen LogP) is 3.61. The van der Waals surface area contributed by atoms with Crippen LogP contribution >= 0.6 is 0 Å². The zero-order valence-electron chi connectivity index (χ0n) is 9.72. The molecule has 1 aromatic carbocycles. The third-order valence-electron chi connectivity index (χ3n) is 1.99. The predicted molar refractivity (Wildman–Crippen MR) is 71.1 cm³/mol. The van der Waals surface area contributed by atoms with E-state index in [-0.39, 0.29) is 0 Å². The van der Waals surface area contributed by atoms with Crippen molar-refractivity contribution in [3.05, 3.63) is 59.8 Å². The van der Waals surface area contributed by atoms with Gasteiger partial charge in [-0.25, -0.2) is 9.98 Å². The van der Waals surface area contributed by atoms with Crippen LogP contribution in [0.4, 0.5) is 0 Å². The molecular weight excluding hydrogens is 196 g/mol. The highest BCUT2D eigenvalue weighted by molar-refractivity contribution is 6.01. The minimum absolute atomic E-state index is 0.652. The number of amidine groups is 1. The highest BCUT2D eigenvalue weighted by atomic mass is 14.9. The van der Waals surface area contributed by atoms with Crippen molar-refractivity contribution in [3.63, 3.8) is 0 Å². The zero-order valence-corrected chi connectivity index (χ0v) is 9.72. The first-order valence-electron chi connectivity index (χ1n) is 5.18. The Kier molecular flexibility index (Phi) is 4.93. The van der Waals surface area contributed by atoms with Gasteiger partial charge in [0, 0.05) is 11.3 Å². The largest absolute Gasteiger partial charge is 0.245 e. The van der Waals surface area contributed by atoms with Crippen LogP contribution in [0.15, 0.2) is 64.2 Å². The molecule has 0 fully saturated rings. The van der Waals surface area contributed by atoms with Gasteiger partial charge in [-0.3, -0.25) is 0 Å². The Morgan fingerprint density at radius 3 is 2.50 bits per heavy atom. The molecule has 0 saturated carbocycles. The van der Waals surface area contributed by atoms with Crippen molar-refractivity contribution < 1.29 is 0 Å². The van der Waals surface area contributed by atoms with E-state index in [1.54, 1.807) is 0 Å². The van der Waals surface area contributed by atoms with E-state index >= 15 is 0 Å². The number of rotatable bonds is 3. The summed E-state index contributed by atoms with van der Waals surface area (Å²) in [5, 5.41) is 0. The quantitative estimate of drug-likeness (QED) is 0.415. The Morgan fingerprint density at radius 1 is 1.25 bits per heavy atom. The van der Waals surface area contributed by atoms with Gasteiger partial charge in [-0.05, 0) is 26.6 Å². The van der Waals surface area contributed by atoms with Crippen molar-refractivity contribution in [2.75, 3.05) is 0 Å². The summed E-state index contributed by atoms with van der Waals surface area (Å²) in [4.78, 5) is 8.34. The van der Waals surface area contributed by atoms with Gasteiger partial charge in [0.1, 0.15) is 0 Å². The minimum atomic E-state index is 0.652. The lowest BCUT2D eigenvalue weighted by molar-refractivity contribution is 1.28. The molecular formula is C14H16N2. The molecule has 1 rings (SSSR count). The van der Waals surface area contributed by atoms with E-state index in [1.807, 2.05) is 62.4 Å². The number of hydrogen-bond donors (Lipinski definition) is 0. The van der Waals surface area contributed by atoms with Crippen LogP contribution in [0.5, 0.6) is 0 Å². The first-order chi connectivity index (χ1) is 7.77. The van der Waals surface area contributed by atoms with Crippen LogP contribution in [0.1, 0.15) is 19.4 Å². The summed E-state index contributed by atoms with van der Waals surface area (Å²) in [7, 11) is 0. The van der Waals surface area contributed by atoms with Gasteiger partial charge < -0.3 is 0 Å². The molecule has 2 nitrogen and oxygen atoms in total. The lowest BCUT2D eigenvalue weighted by Crippen LogP contribution is -1.96. The Labute approximate surface area is 96.8 Å². The van der Waals surface area contributed by atoms with Crippen molar-refractivity contribution in [1.82, 2.24) is 0 Å². The van der Waals surface area contributed by atoms with Gasteiger partial charge in [-0.2, -0.15) is 0 Å². The van der Waals surface area contributed by atoms with E-state index in [4.69, 9.17) is 0 Å². The molecule has 0 aliphatic rings. The molecule has 0 amide bonds. The molecule has 0 atom stereocenters. The van der Waals surface area contributed by atoms with Crippen molar-refractivity contribution in [3.8, 4) is 0 Å². The SMILES string of the molecule is C=NC(=N/C(C)=C/C=C\C)c1ccccc1. The van der Waals surface area contributed by atoms with E-state index in [1.165, 1.54) is 0 Å². The van der Waals surface area contributed by atoms with E-state index in [0.29, 0.717) is 5.84 Å². The standard InChI is InChI=1S/C14H16N2/c1-4-5-9-12(2)16-14(15-3)13-10-7-6-8-11-13/h4-11H,3H2,1-2H3/b5-4-,12-9+,16-14?. The van der Waals surface area contributed by atoms with Gasteiger partial charge in [0.25, 0.3) is 0 Å². The highest BCUT2D eigenvalue weighted by Crippen LogP contribution is 2.06. The monoisotopic (exact) mass is 212 g/mol. The van der Waals surface area contributed by atoms with Crippen LogP contribution in [0.3, 0.4) is 0 Å². The van der Waals surface area contributed by atoms with Crippen LogP contribution in [-0.2, 0) is 0 Å². The van der Waals surface area contributed by atoms with Crippen molar-refractivity contribution in [1.29, 1.82) is 0 Å². The average Bonchev–Trinajstić information content (AvgIpc) is 2.34. The fourth-order valence-corrected chi connectivity index (χ4v) is 1.22. The molecule has 0 heterocycles. The average molecular weight is 212 g/mol. The first kappa shape index (κ1) is 12.1. The number of benzene rings is 1. The fourth-order valence-electron chi connectivity index (χ4n) is 1.22. The number of allylic oxidation sites excluding steroid dienone is 4. The maximum absolute atomic E-state index is 4.40. The molecule has 0 N–H and O–H groups in total. The van der Waals surface area contributed by atoms with Gasteiger partial charge in [-0.15, -0.1) is 0 Å². The Hall–Kier alpha value is -1.96. The van der Waals surface area contributed by atoms with Gasteiger partial charge in [-0.1, -0.05) is 42.5 Å². The second-order valence-electron chi connectivity index (χ2n) is 3.29. The summed E-state index contributed by atoms with van der Waals surface area (Å²) < 4.78 is 0. The lowest BCUT2D eigenvalue weighted by Gasteiger charge is -2.00. The molecule has 0 unspecified atom stereocenters. The number of hydrogen-bond acceptors (Lipinski definition) is 1. The van der Waals surface area contributed by atoms with Crippen molar-refractivity contribution in [2.24, 2.45) is 9.98 Å². The van der Waals surface area contributed by atoms with E-state index in [2.05, 4.69) is 16.7 Å². The van der Waals surface area contributed by atoms with Crippen molar-refractivity contribution >= 4 is 12.6 Å². The third kappa shape index (κ3) is 3.65. The maximum Gasteiger partial charge on any atom is 0.158 e. The van der Waals surface area contributed by atoms with Gasteiger partial charge in [0.05, 0.1) is 0 Å². The minimum Gasteiger partial charge on any atom is -0.245 e. The van der Waals surface area contributed by atoms with E-state index < -0.39 is 0 Å². The molecule has 0 aliphatic carbocycles. The normalized spacial score (nSPS) is 13.1. The fraction of sp³-hybridized carbons (Fsp3) is 0.143. The molecule has 82 valence electrons. The van der Waals surface area contributed by atoms with Crippen LogP contribution in [-0.4, -0.2) is 12.6 Å². The molecule has 0 aromatic heterocycles. The molecule has 0 radical (unpaired) electrons. The molecule has 0 saturated heterocycles. The number of aliphatic imine (C=N–C) groups is 2. The summed E-state index contributed by atoms with van der Waals surface area (Å²) in [6.45, 7) is 7.45. The summed E-state index contributed by atoms with van der Waals surface area (Å²) >= 11 is 0. The van der Waals surface area contributed by atoms with Crippen molar-refractivity contribution in [2.45, 2.75) is 13.8 Å². The van der Waals surface area contributed by atoms with Crippen LogP contribution in [0.2, 0.25) is 0 Å². The Bertz CT molecular complexity index is 425. The molecule has 0 bridgehead atoms. The maximum atomic E-state index is 4.40. The topological polar surface area (TPSA) is 24.7 Å². The van der Waals surface area contributed by atoms with Gasteiger partial charge >= 0.3 is 0 Å². The summed E-state index contributed by atoms with van der Waals surface area (Å²) in [6, 6.07) is 9.82. The first-order valence-corrected chi connectivity index (χ1v) is 5.18. The third-order valence-corrected chi connectivity index (χ3v) is 1.99. The van der Waals surface area contributed by atoms with E-state index in [9.17, 15) is 0 Å². The molecule has 1 aromatic rings. The molecule has 2 heteroatoms. The smallest absolute Gasteiger partial charge is 0.158 e. The molecule has 16 heavy (non-hydrogen) atoms. The summed E-state index contributed by atoms with van der Waals surface area (Å²) in [6.07, 6.45) is 5.85. The highest BCUT2D eigenvalue weighted by Gasteiger charge is 1.98. The van der Waals surface area contributed by atoms with Crippen LogP contribution in [0, 0.1) is 0 Å². The Morgan fingerprint density at radius 2 is 1.94 bits per heavy atom. The lowest BCUT2D eigenvalue weighted by atomic mass is 10.2. The Balaban J connectivity index is 2.99. The summed E-state index contributed by atoms with van der Waals surface area (Å²) in [5.74, 6) is 0.652.